The highest BCUT2D eigenvalue weighted by Crippen LogP contribution is 2.30. The van der Waals surface area contributed by atoms with Crippen molar-refractivity contribution < 1.29 is 18.9 Å². The topological polar surface area (TPSA) is 121 Å². The Bertz CT molecular complexity index is 685. The summed E-state index contributed by atoms with van der Waals surface area (Å²) in [6.45, 7) is 0.0115. The van der Waals surface area contributed by atoms with E-state index in [0.29, 0.717) is 16.0 Å². The second-order valence-corrected chi connectivity index (χ2v) is 4.75. The lowest BCUT2D eigenvalue weighted by Crippen LogP contribution is -2.29. The molecular weight excluding hydrogens is 346 g/mol. The number of furan rings is 1. The molecule has 0 saturated heterocycles. The minimum Gasteiger partial charge on any atom is -0.484 e. The van der Waals surface area contributed by atoms with Crippen LogP contribution in [0.25, 0.3) is 0 Å². The molecule has 0 fully saturated rings. The van der Waals surface area contributed by atoms with Crippen LogP contribution in [0.3, 0.4) is 0 Å². The predicted octanol–water partition coefficient (Wildman–Crippen LogP) is 2.13. The summed E-state index contributed by atoms with van der Waals surface area (Å²) in [5.74, 6) is 5.15. The smallest absolute Gasteiger partial charge is 0.300 e. The number of nitrogen functional groups attached to an aromatic ring is 1. The van der Waals surface area contributed by atoms with Crippen LogP contribution < -0.4 is 16.0 Å². The number of hydrogen-bond acceptors (Lipinski definition) is 6. The molecule has 9 heteroatoms. The molecular formula is C12H10BrN3O5. The Labute approximate surface area is 127 Å². The van der Waals surface area contributed by atoms with E-state index in [2.05, 4.69) is 15.9 Å². The molecule has 3 N–H and O–H groups in total. The molecule has 0 aliphatic carbocycles. The van der Waals surface area contributed by atoms with Crippen LogP contribution in [-0.4, -0.2) is 10.8 Å². The highest BCUT2D eigenvalue weighted by molar-refractivity contribution is 9.10. The number of hydrogen-bond donors (Lipinski definition) is 2. The Hall–Kier alpha value is -2.39. The van der Waals surface area contributed by atoms with Gasteiger partial charge in [0.2, 0.25) is 0 Å². The Morgan fingerprint density at radius 1 is 1.43 bits per heavy atom. The minimum absolute atomic E-state index is 0.0115. The van der Waals surface area contributed by atoms with Crippen molar-refractivity contribution in [3.63, 3.8) is 0 Å². The van der Waals surface area contributed by atoms with Gasteiger partial charge in [-0.3, -0.25) is 20.3 Å². The zero-order chi connectivity index (χ0) is 15.4. The van der Waals surface area contributed by atoms with Crippen LogP contribution in [0.15, 0.2) is 39.2 Å². The molecule has 1 heterocycles. The summed E-state index contributed by atoms with van der Waals surface area (Å²) in [5, 5.41) is 10.7. The van der Waals surface area contributed by atoms with Gasteiger partial charge >= 0.3 is 5.91 Å². The summed E-state index contributed by atoms with van der Waals surface area (Å²) >= 11 is 3.23. The molecule has 21 heavy (non-hydrogen) atoms. The first kappa shape index (κ1) is 15.0. The molecule has 110 valence electrons. The molecule has 0 radical (unpaired) electrons. The first-order valence-corrected chi connectivity index (χ1v) is 6.47. The SMILES string of the molecule is NNC(=O)c1ccc(COc2cc([N+](=O)[O-])ccc2Br)o1. The van der Waals surface area contributed by atoms with Crippen molar-refractivity contribution >= 4 is 27.5 Å². The van der Waals surface area contributed by atoms with Gasteiger partial charge in [-0.2, -0.15) is 0 Å². The minimum atomic E-state index is -0.558. The van der Waals surface area contributed by atoms with Crippen LogP contribution in [0.2, 0.25) is 0 Å². The second-order valence-electron chi connectivity index (χ2n) is 3.90. The highest BCUT2D eigenvalue weighted by Gasteiger charge is 2.13. The van der Waals surface area contributed by atoms with E-state index in [0.717, 1.165) is 0 Å². The zero-order valence-electron chi connectivity index (χ0n) is 10.5. The van der Waals surface area contributed by atoms with Gasteiger partial charge < -0.3 is 9.15 Å². The largest absolute Gasteiger partial charge is 0.484 e. The van der Waals surface area contributed by atoms with Crippen LogP contribution >= 0.6 is 15.9 Å². The number of hydrazine groups is 1. The van der Waals surface area contributed by atoms with E-state index in [9.17, 15) is 14.9 Å². The molecule has 0 spiro atoms. The van der Waals surface area contributed by atoms with E-state index in [1.807, 2.05) is 5.43 Å². The number of nitro groups is 1. The summed E-state index contributed by atoms with van der Waals surface area (Å²) in [4.78, 5) is 21.4. The van der Waals surface area contributed by atoms with Gasteiger partial charge in [0, 0.05) is 6.07 Å². The van der Waals surface area contributed by atoms with Crippen molar-refractivity contribution in [2.45, 2.75) is 6.61 Å². The van der Waals surface area contributed by atoms with Gasteiger partial charge in [-0.25, -0.2) is 5.84 Å². The van der Waals surface area contributed by atoms with Crippen LogP contribution in [0.1, 0.15) is 16.3 Å². The molecule has 1 aromatic heterocycles. The molecule has 2 rings (SSSR count). The quantitative estimate of drug-likeness (QED) is 0.366. The van der Waals surface area contributed by atoms with E-state index >= 15 is 0 Å². The first-order chi connectivity index (χ1) is 10.0. The van der Waals surface area contributed by atoms with Crippen LogP contribution in [-0.2, 0) is 6.61 Å². The molecule has 0 saturated carbocycles. The summed E-state index contributed by atoms with van der Waals surface area (Å²) < 4.78 is 11.2. The molecule has 0 atom stereocenters. The van der Waals surface area contributed by atoms with E-state index in [1.165, 1.54) is 24.3 Å². The average molecular weight is 356 g/mol. The van der Waals surface area contributed by atoms with Gasteiger partial charge in [-0.1, -0.05) is 0 Å². The number of carbonyl (C=O) groups is 1. The number of ether oxygens (including phenoxy) is 1. The van der Waals surface area contributed by atoms with Crippen LogP contribution in [0.4, 0.5) is 5.69 Å². The lowest BCUT2D eigenvalue weighted by atomic mass is 10.3. The standard InChI is InChI=1S/C12H10BrN3O5/c13-9-3-1-7(16(18)19)5-11(9)20-6-8-2-4-10(21-8)12(17)15-14/h1-5H,6,14H2,(H,15,17). The van der Waals surface area contributed by atoms with Gasteiger partial charge in [0.25, 0.3) is 5.69 Å². The normalized spacial score (nSPS) is 10.2. The lowest BCUT2D eigenvalue weighted by molar-refractivity contribution is -0.385. The number of carbonyl (C=O) groups excluding carboxylic acids is 1. The molecule has 2 aromatic rings. The number of rotatable bonds is 5. The van der Waals surface area contributed by atoms with Crippen molar-refractivity contribution in [1.82, 2.24) is 5.43 Å². The molecule has 0 bridgehead atoms. The number of amides is 1. The second kappa shape index (κ2) is 6.37. The maximum absolute atomic E-state index is 11.2. The fourth-order valence-corrected chi connectivity index (χ4v) is 1.87. The highest BCUT2D eigenvalue weighted by atomic mass is 79.9. The van der Waals surface area contributed by atoms with E-state index in [-0.39, 0.29) is 18.1 Å². The summed E-state index contributed by atoms with van der Waals surface area (Å²) in [6.07, 6.45) is 0. The third kappa shape index (κ3) is 3.58. The zero-order valence-corrected chi connectivity index (χ0v) is 12.1. The maximum Gasteiger partial charge on any atom is 0.300 e. The fraction of sp³-hybridized carbons (Fsp3) is 0.0833. The van der Waals surface area contributed by atoms with Gasteiger partial charge in [-0.15, -0.1) is 0 Å². The van der Waals surface area contributed by atoms with Gasteiger partial charge in [-0.05, 0) is 34.1 Å². The first-order valence-electron chi connectivity index (χ1n) is 5.67. The van der Waals surface area contributed by atoms with Crippen LogP contribution in [0, 0.1) is 10.1 Å². The number of nitro benzene ring substituents is 1. The Kier molecular flexibility index (Phi) is 4.55. The number of benzene rings is 1. The summed E-state index contributed by atoms with van der Waals surface area (Å²) in [5.41, 5.74) is 1.85. The molecule has 0 aliphatic rings. The molecule has 1 amide bonds. The van der Waals surface area contributed by atoms with Gasteiger partial charge in [0.1, 0.15) is 18.1 Å². The number of halogens is 1. The summed E-state index contributed by atoms with van der Waals surface area (Å²) in [7, 11) is 0. The van der Waals surface area contributed by atoms with Crippen molar-refractivity contribution in [2.75, 3.05) is 0 Å². The lowest BCUT2D eigenvalue weighted by Gasteiger charge is -2.06. The van der Waals surface area contributed by atoms with Crippen molar-refractivity contribution in [2.24, 2.45) is 5.84 Å². The number of non-ortho nitro benzene ring substituents is 1. The third-order valence-corrected chi connectivity index (χ3v) is 3.17. The number of nitrogens with one attached hydrogen (secondary N) is 1. The third-order valence-electron chi connectivity index (χ3n) is 2.51. The van der Waals surface area contributed by atoms with E-state index < -0.39 is 10.8 Å². The maximum atomic E-state index is 11.2. The van der Waals surface area contributed by atoms with Crippen molar-refractivity contribution in [3.05, 3.63) is 56.4 Å². The number of nitrogens with zero attached hydrogens (tertiary/aromatic N) is 1. The molecule has 8 nitrogen and oxygen atoms in total. The predicted molar refractivity (Wildman–Crippen MR) is 75.5 cm³/mol. The monoisotopic (exact) mass is 355 g/mol. The average Bonchev–Trinajstić information content (AvgIpc) is 2.94. The number of nitrogens with two attached hydrogens (primary N) is 1. The van der Waals surface area contributed by atoms with Gasteiger partial charge in [0.05, 0.1) is 15.5 Å². The van der Waals surface area contributed by atoms with Crippen molar-refractivity contribution in [3.8, 4) is 5.75 Å². The molecule has 0 unspecified atom stereocenters. The van der Waals surface area contributed by atoms with Crippen LogP contribution in [0.5, 0.6) is 5.75 Å². The Morgan fingerprint density at radius 3 is 2.86 bits per heavy atom. The fourth-order valence-electron chi connectivity index (χ4n) is 1.51. The Morgan fingerprint density at radius 2 is 2.19 bits per heavy atom. The molecule has 0 aliphatic heterocycles. The van der Waals surface area contributed by atoms with E-state index in [1.54, 1.807) is 6.07 Å². The Balaban J connectivity index is 2.09. The summed E-state index contributed by atoms with van der Waals surface area (Å²) in [6, 6.07) is 7.16. The van der Waals surface area contributed by atoms with E-state index in [4.69, 9.17) is 15.0 Å². The van der Waals surface area contributed by atoms with Gasteiger partial charge in [0.15, 0.2) is 5.76 Å². The molecule has 1 aromatic carbocycles. The van der Waals surface area contributed by atoms with Crippen molar-refractivity contribution in [1.29, 1.82) is 0 Å².